The summed E-state index contributed by atoms with van der Waals surface area (Å²) in [6.45, 7) is 4.75. The fourth-order valence-corrected chi connectivity index (χ4v) is 5.49. The Morgan fingerprint density at radius 2 is 1.74 bits per heavy atom. The minimum absolute atomic E-state index is 0.275. The molecule has 43 heavy (non-hydrogen) atoms. The van der Waals surface area contributed by atoms with E-state index in [-0.39, 0.29) is 11.3 Å². The van der Waals surface area contributed by atoms with Gasteiger partial charge in [0.1, 0.15) is 12.1 Å². The van der Waals surface area contributed by atoms with Crippen molar-refractivity contribution < 1.29 is 27.1 Å². The van der Waals surface area contributed by atoms with Gasteiger partial charge in [0, 0.05) is 29.8 Å². The summed E-state index contributed by atoms with van der Waals surface area (Å²) in [7, 11) is 0. The fraction of sp³-hybridized carbons (Fsp3) is 0.233. The van der Waals surface area contributed by atoms with E-state index in [4.69, 9.17) is 0 Å². The van der Waals surface area contributed by atoms with Crippen molar-refractivity contribution in [2.45, 2.75) is 32.8 Å². The third-order valence-corrected chi connectivity index (χ3v) is 7.58. The normalized spacial score (nSPS) is 15.7. The number of urea groups is 1. The highest BCUT2D eigenvalue weighted by molar-refractivity contribution is 8.14. The molecular formula is C30H26F4N6O2S. The van der Waals surface area contributed by atoms with E-state index >= 15 is 0 Å². The van der Waals surface area contributed by atoms with Crippen LogP contribution >= 0.6 is 11.8 Å². The molecule has 0 spiro atoms. The number of hydrogen-bond acceptors (Lipinski definition) is 5. The van der Waals surface area contributed by atoms with Gasteiger partial charge in [-0.3, -0.25) is 0 Å². The van der Waals surface area contributed by atoms with Crippen LogP contribution in [0.4, 0.5) is 28.0 Å². The molecule has 0 aliphatic carbocycles. The van der Waals surface area contributed by atoms with E-state index < -0.39 is 18.6 Å². The number of hydrogen-bond donors (Lipinski definition) is 0. The third kappa shape index (κ3) is 7.47. The average Bonchev–Trinajstić information content (AvgIpc) is 3.47. The number of aliphatic imine (C=N–C) groups is 2. The summed E-state index contributed by atoms with van der Waals surface area (Å²) in [5, 5.41) is 4.88. The van der Waals surface area contributed by atoms with E-state index in [0.717, 1.165) is 41.7 Å². The second-order valence-corrected chi connectivity index (χ2v) is 10.7. The number of para-hydroxylation sites is 1. The molecule has 222 valence electrons. The SMILES string of the molecule is Cc1cccc(C)c1N1CCCSC1=NC(=O)N=CC(F)c1ccc(-c2ncn(-c3ccc(OC(F)(F)F)cc3)n2)cc1. The van der Waals surface area contributed by atoms with Gasteiger partial charge < -0.3 is 9.64 Å². The van der Waals surface area contributed by atoms with Crippen LogP contribution in [-0.2, 0) is 0 Å². The largest absolute Gasteiger partial charge is 0.573 e. The Bertz CT molecular complexity index is 1630. The minimum atomic E-state index is -4.78. The fourth-order valence-electron chi connectivity index (χ4n) is 4.55. The second kappa shape index (κ2) is 12.8. The van der Waals surface area contributed by atoms with Crippen LogP contribution in [0.1, 0.15) is 29.3 Å². The first-order chi connectivity index (χ1) is 20.6. The summed E-state index contributed by atoms with van der Waals surface area (Å²) in [4.78, 5) is 26.7. The standard InChI is InChI=1S/C30H26F4N6O2S/c1-19-5-3-6-20(2)26(19)39-15-4-16-43-29(39)37-28(41)35-17-25(31)21-7-9-22(10-8-21)27-36-18-40(38-27)23-11-13-24(14-12-23)42-30(32,33)34/h3,5-14,17-18,25H,4,15-16H2,1-2H3. The predicted octanol–water partition coefficient (Wildman–Crippen LogP) is 7.65. The summed E-state index contributed by atoms with van der Waals surface area (Å²) >= 11 is 1.47. The van der Waals surface area contributed by atoms with Gasteiger partial charge >= 0.3 is 12.4 Å². The van der Waals surface area contributed by atoms with Crippen molar-refractivity contribution in [1.29, 1.82) is 0 Å². The number of carbonyl (C=O) groups is 1. The molecule has 4 aromatic rings. The number of halogens is 4. The smallest absolute Gasteiger partial charge is 0.406 e. The molecule has 1 atom stereocenters. The molecule has 13 heteroatoms. The first kappa shape index (κ1) is 30.0. The molecule has 1 aromatic heterocycles. The molecule has 2 amide bonds. The molecule has 2 heterocycles. The minimum Gasteiger partial charge on any atom is -0.406 e. The van der Waals surface area contributed by atoms with Crippen molar-refractivity contribution >= 4 is 34.9 Å². The van der Waals surface area contributed by atoms with E-state index in [1.54, 1.807) is 12.1 Å². The van der Waals surface area contributed by atoms with Gasteiger partial charge in [-0.15, -0.1) is 18.3 Å². The van der Waals surface area contributed by atoms with Crippen LogP contribution in [0.2, 0.25) is 0 Å². The van der Waals surface area contributed by atoms with Gasteiger partial charge in [-0.1, -0.05) is 54.2 Å². The zero-order valence-corrected chi connectivity index (χ0v) is 23.9. The van der Waals surface area contributed by atoms with Crippen LogP contribution in [0.15, 0.2) is 83.0 Å². The monoisotopic (exact) mass is 610 g/mol. The molecule has 8 nitrogen and oxygen atoms in total. The number of aromatic nitrogens is 3. The van der Waals surface area contributed by atoms with E-state index in [2.05, 4.69) is 24.8 Å². The van der Waals surface area contributed by atoms with Crippen LogP contribution in [0.25, 0.3) is 17.1 Å². The summed E-state index contributed by atoms with van der Waals surface area (Å²) in [5.41, 5.74) is 4.51. The van der Waals surface area contributed by atoms with Crippen LogP contribution in [-0.4, -0.2) is 50.8 Å². The summed E-state index contributed by atoms with van der Waals surface area (Å²) in [5.74, 6) is 0.805. The van der Waals surface area contributed by atoms with E-state index in [1.165, 1.54) is 59.2 Å². The van der Waals surface area contributed by atoms with Crippen molar-refractivity contribution in [3.8, 4) is 22.8 Å². The molecule has 3 aromatic carbocycles. The highest BCUT2D eigenvalue weighted by atomic mass is 32.2. The van der Waals surface area contributed by atoms with Gasteiger partial charge in [0.2, 0.25) is 0 Å². The Kier molecular flexibility index (Phi) is 8.90. The number of alkyl halides is 4. The van der Waals surface area contributed by atoms with Crippen LogP contribution in [0.3, 0.4) is 0 Å². The molecule has 0 bridgehead atoms. The zero-order chi connectivity index (χ0) is 30.6. The maximum absolute atomic E-state index is 14.9. The number of amidine groups is 1. The summed E-state index contributed by atoms with van der Waals surface area (Å²) < 4.78 is 57.4. The molecule has 1 aliphatic heterocycles. The van der Waals surface area contributed by atoms with E-state index in [9.17, 15) is 22.4 Å². The zero-order valence-electron chi connectivity index (χ0n) is 23.1. The molecule has 0 radical (unpaired) electrons. The molecule has 0 N–H and O–H groups in total. The van der Waals surface area contributed by atoms with Crippen molar-refractivity contribution in [1.82, 2.24) is 14.8 Å². The first-order valence-electron chi connectivity index (χ1n) is 13.2. The quantitative estimate of drug-likeness (QED) is 0.165. The second-order valence-electron chi connectivity index (χ2n) is 9.63. The topological polar surface area (TPSA) is 85.0 Å². The number of rotatable bonds is 6. The summed E-state index contributed by atoms with van der Waals surface area (Å²) in [6.07, 6.45) is -3.14. The van der Waals surface area contributed by atoms with Crippen LogP contribution in [0.5, 0.6) is 5.75 Å². The molecule has 1 saturated heterocycles. The molecular weight excluding hydrogens is 584 g/mol. The van der Waals surface area contributed by atoms with E-state index in [1.807, 2.05) is 36.9 Å². The average molecular weight is 611 g/mol. The highest BCUT2D eigenvalue weighted by Gasteiger charge is 2.31. The van der Waals surface area contributed by atoms with Gasteiger partial charge in [-0.05, 0) is 61.2 Å². The predicted molar refractivity (Wildman–Crippen MR) is 159 cm³/mol. The maximum Gasteiger partial charge on any atom is 0.573 e. The Morgan fingerprint density at radius 3 is 2.42 bits per heavy atom. The van der Waals surface area contributed by atoms with E-state index in [0.29, 0.717) is 22.2 Å². The Balaban J connectivity index is 1.23. The lowest BCUT2D eigenvalue weighted by Crippen LogP contribution is -2.35. The Hall–Kier alpha value is -4.52. The number of anilines is 1. The van der Waals surface area contributed by atoms with Gasteiger partial charge in [0.05, 0.1) is 5.69 Å². The molecule has 5 rings (SSSR count). The number of nitrogens with zero attached hydrogens (tertiary/aromatic N) is 6. The molecule has 1 aliphatic rings. The van der Waals surface area contributed by atoms with Crippen LogP contribution < -0.4 is 9.64 Å². The molecule has 1 fully saturated rings. The molecule has 0 saturated carbocycles. The van der Waals surface area contributed by atoms with Crippen molar-refractivity contribution in [2.75, 3.05) is 17.2 Å². The maximum atomic E-state index is 14.9. The first-order valence-corrected chi connectivity index (χ1v) is 14.2. The number of aryl methyl sites for hydroxylation is 2. The van der Waals surface area contributed by atoms with Gasteiger partial charge in [0.15, 0.2) is 17.2 Å². The lowest BCUT2D eigenvalue weighted by Gasteiger charge is -2.31. The van der Waals surface area contributed by atoms with Crippen LogP contribution in [0, 0.1) is 13.8 Å². The Labute approximate surface area is 249 Å². The van der Waals surface area contributed by atoms with Crippen molar-refractivity contribution in [2.24, 2.45) is 9.98 Å². The third-order valence-electron chi connectivity index (χ3n) is 6.52. The number of thioether (sulfide) groups is 1. The van der Waals surface area contributed by atoms with Crippen molar-refractivity contribution in [3.05, 3.63) is 89.7 Å². The lowest BCUT2D eigenvalue weighted by atomic mass is 10.1. The van der Waals surface area contributed by atoms with Gasteiger partial charge in [-0.2, -0.15) is 4.99 Å². The van der Waals surface area contributed by atoms with Gasteiger partial charge in [0.25, 0.3) is 0 Å². The summed E-state index contributed by atoms with van der Waals surface area (Å²) in [6, 6.07) is 16.7. The lowest BCUT2D eigenvalue weighted by molar-refractivity contribution is -0.274. The number of amides is 2. The highest BCUT2D eigenvalue weighted by Crippen LogP contribution is 2.31. The van der Waals surface area contributed by atoms with Crippen molar-refractivity contribution in [3.63, 3.8) is 0 Å². The molecule has 1 unspecified atom stereocenters. The number of benzene rings is 3. The van der Waals surface area contributed by atoms with Gasteiger partial charge in [-0.25, -0.2) is 23.8 Å². The Morgan fingerprint density at radius 1 is 1.05 bits per heavy atom. The number of carbonyl (C=O) groups excluding carboxylic acids is 1. The number of ether oxygens (including phenoxy) is 1.